The summed E-state index contributed by atoms with van der Waals surface area (Å²) in [5, 5.41) is 10.0. The Hall–Kier alpha value is -0.630. The number of carbonyl (C=O) groups is 1. The van der Waals surface area contributed by atoms with Gasteiger partial charge in [0.2, 0.25) is 0 Å². The molecule has 0 fully saturated rings. The lowest BCUT2D eigenvalue weighted by molar-refractivity contribution is -0.118. The Morgan fingerprint density at radius 1 is 1.29 bits per heavy atom. The van der Waals surface area contributed by atoms with E-state index in [9.17, 15) is 9.90 Å². The van der Waals surface area contributed by atoms with Crippen LogP contribution in [0.1, 0.15) is 52.9 Å². The molecule has 0 aliphatic heterocycles. The molecule has 1 N–H and O–H groups in total. The standard InChI is InChI=1S/C12H22O2/c1-5-8-9-11(13)10(4)12(14,6-2)7-3/h14H,4-9H2,1-3H3. The summed E-state index contributed by atoms with van der Waals surface area (Å²) in [6, 6.07) is 0. The molecule has 2 nitrogen and oxygen atoms in total. The normalized spacial score (nSPS) is 11.4. The monoisotopic (exact) mass is 198 g/mol. The highest BCUT2D eigenvalue weighted by Crippen LogP contribution is 2.25. The number of hydrogen-bond donors (Lipinski definition) is 1. The van der Waals surface area contributed by atoms with E-state index in [1.54, 1.807) is 0 Å². The van der Waals surface area contributed by atoms with Gasteiger partial charge in [-0.1, -0.05) is 33.8 Å². The minimum atomic E-state index is -0.981. The van der Waals surface area contributed by atoms with Crippen molar-refractivity contribution in [2.45, 2.75) is 58.5 Å². The second kappa shape index (κ2) is 5.97. The van der Waals surface area contributed by atoms with Crippen LogP contribution < -0.4 is 0 Å². The zero-order valence-electron chi connectivity index (χ0n) is 9.60. The number of rotatable bonds is 7. The van der Waals surface area contributed by atoms with Gasteiger partial charge in [0.05, 0.1) is 5.60 Å². The topological polar surface area (TPSA) is 37.3 Å². The molecule has 0 spiro atoms. The van der Waals surface area contributed by atoms with Crippen LogP contribution in [0.3, 0.4) is 0 Å². The predicted molar refractivity (Wildman–Crippen MR) is 59.2 cm³/mol. The van der Waals surface area contributed by atoms with Gasteiger partial charge in [-0.3, -0.25) is 4.79 Å². The first-order valence-corrected chi connectivity index (χ1v) is 5.46. The zero-order chi connectivity index (χ0) is 11.2. The second-order valence-electron chi connectivity index (χ2n) is 3.74. The Labute approximate surface area is 87.0 Å². The Balaban J connectivity index is 4.36. The Morgan fingerprint density at radius 2 is 1.79 bits per heavy atom. The lowest BCUT2D eigenvalue weighted by Crippen LogP contribution is -2.32. The summed E-state index contributed by atoms with van der Waals surface area (Å²) >= 11 is 0. The van der Waals surface area contributed by atoms with Crippen molar-refractivity contribution in [3.8, 4) is 0 Å². The molecule has 0 aliphatic rings. The second-order valence-corrected chi connectivity index (χ2v) is 3.74. The Bertz CT molecular complexity index is 202. The smallest absolute Gasteiger partial charge is 0.161 e. The van der Waals surface area contributed by atoms with Gasteiger partial charge in [-0.15, -0.1) is 0 Å². The molecule has 0 atom stereocenters. The fraction of sp³-hybridized carbons (Fsp3) is 0.750. The molecule has 2 heteroatoms. The number of aliphatic hydroxyl groups is 1. The molecule has 0 unspecified atom stereocenters. The van der Waals surface area contributed by atoms with Crippen LogP contribution in [0.15, 0.2) is 12.2 Å². The largest absolute Gasteiger partial charge is 0.385 e. The zero-order valence-corrected chi connectivity index (χ0v) is 9.60. The first kappa shape index (κ1) is 13.4. The molecular weight excluding hydrogens is 176 g/mol. The highest BCUT2D eigenvalue weighted by Gasteiger charge is 2.29. The lowest BCUT2D eigenvalue weighted by atomic mass is 9.85. The van der Waals surface area contributed by atoms with Crippen LogP contribution in [0.4, 0.5) is 0 Å². The third kappa shape index (κ3) is 3.26. The van der Waals surface area contributed by atoms with Gasteiger partial charge in [-0.2, -0.15) is 0 Å². The molecule has 14 heavy (non-hydrogen) atoms. The average Bonchev–Trinajstić information content (AvgIpc) is 2.23. The molecule has 0 amide bonds. The van der Waals surface area contributed by atoms with E-state index in [2.05, 4.69) is 6.58 Å². The average molecular weight is 198 g/mol. The van der Waals surface area contributed by atoms with Gasteiger partial charge in [0.25, 0.3) is 0 Å². The van der Waals surface area contributed by atoms with Crippen LogP contribution in [0, 0.1) is 0 Å². The molecule has 0 aromatic carbocycles. The van der Waals surface area contributed by atoms with E-state index in [-0.39, 0.29) is 5.78 Å². The Morgan fingerprint density at radius 3 is 2.14 bits per heavy atom. The van der Waals surface area contributed by atoms with Crippen LogP contribution in [0.25, 0.3) is 0 Å². The van der Waals surface area contributed by atoms with Gasteiger partial charge < -0.3 is 5.11 Å². The van der Waals surface area contributed by atoms with Gasteiger partial charge >= 0.3 is 0 Å². The molecule has 0 saturated heterocycles. The Kier molecular flexibility index (Phi) is 5.70. The van der Waals surface area contributed by atoms with E-state index in [0.29, 0.717) is 24.8 Å². The highest BCUT2D eigenvalue weighted by molar-refractivity contribution is 5.96. The molecular formula is C12H22O2. The number of carbonyl (C=O) groups excluding carboxylic acids is 1. The summed E-state index contributed by atoms with van der Waals surface area (Å²) in [4.78, 5) is 11.6. The third-order valence-electron chi connectivity index (χ3n) is 2.83. The number of unbranched alkanes of at least 4 members (excludes halogenated alkanes) is 1. The van der Waals surface area contributed by atoms with Gasteiger partial charge in [0, 0.05) is 12.0 Å². The highest BCUT2D eigenvalue weighted by atomic mass is 16.3. The SMILES string of the molecule is C=C(C(=O)CCCC)C(O)(CC)CC. The van der Waals surface area contributed by atoms with Crippen LogP contribution in [-0.4, -0.2) is 16.5 Å². The van der Waals surface area contributed by atoms with Crippen molar-refractivity contribution < 1.29 is 9.90 Å². The molecule has 0 bridgehead atoms. The van der Waals surface area contributed by atoms with E-state index in [0.717, 1.165) is 12.8 Å². The third-order valence-corrected chi connectivity index (χ3v) is 2.83. The van der Waals surface area contributed by atoms with Crippen LogP contribution in [0.2, 0.25) is 0 Å². The van der Waals surface area contributed by atoms with Gasteiger partial charge in [0.1, 0.15) is 0 Å². The van der Waals surface area contributed by atoms with E-state index in [1.165, 1.54) is 0 Å². The molecule has 82 valence electrons. The molecule has 0 radical (unpaired) electrons. The van der Waals surface area contributed by atoms with Crippen molar-refractivity contribution in [2.24, 2.45) is 0 Å². The number of Topliss-reactive ketones (excluding diaryl/α,β-unsaturated/α-hetero) is 1. The van der Waals surface area contributed by atoms with Crippen molar-refractivity contribution in [2.75, 3.05) is 0 Å². The van der Waals surface area contributed by atoms with Gasteiger partial charge in [0.15, 0.2) is 5.78 Å². The van der Waals surface area contributed by atoms with Crippen molar-refractivity contribution in [3.63, 3.8) is 0 Å². The minimum Gasteiger partial charge on any atom is -0.385 e. The van der Waals surface area contributed by atoms with Crippen molar-refractivity contribution in [1.82, 2.24) is 0 Å². The van der Waals surface area contributed by atoms with Gasteiger partial charge in [-0.25, -0.2) is 0 Å². The fourth-order valence-electron chi connectivity index (χ4n) is 1.42. The maximum absolute atomic E-state index is 11.6. The number of ketones is 1. The van der Waals surface area contributed by atoms with Crippen LogP contribution >= 0.6 is 0 Å². The predicted octanol–water partition coefficient (Wildman–Crippen LogP) is 2.85. The van der Waals surface area contributed by atoms with E-state index < -0.39 is 5.60 Å². The van der Waals surface area contributed by atoms with E-state index in [4.69, 9.17) is 0 Å². The lowest BCUT2D eigenvalue weighted by Gasteiger charge is -2.26. The summed E-state index contributed by atoms with van der Waals surface area (Å²) in [7, 11) is 0. The quantitative estimate of drug-likeness (QED) is 0.639. The molecule has 0 aromatic rings. The number of hydrogen-bond acceptors (Lipinski definition) is 2. The molecule has 0 heterocycles. The summed E-state index contributed by atoms with van der Waals surface area (Å²) in [5.74, 6) is 0.0121. The maximum Gasteiger partial charge on any atom is 0.161 e. The molecule has 0 aromatic heterocycles. The maximum atomic E-state index is 11.6. The fourth-order valence-corrected chi connectivity index (χ4v) is 1.42. The summed E-state index contributed by atoms with van der Waals surface area (Å²) in [6.07, 6.45) is 3.50. The van der Waals surface area contributed by atoms with E-state index >= 15 is 0 Å². The molecule has 0 saturated carbocycles. The van der Waals surface area contributed by atoms with Crippen molar-refractivity contribution >= 4 is 5.78 Å². The van der Waals surface area contributed by atoms with Crippen LogP contribution in [0.5, 0.6) is 0 Å². The summed E-state index contributed by atoms with van der Waals surface area (Å²) < 4.78 is 0. The summed E-state index contributed by atoms with van der Waals surface area (Å²) in [5.41, 5.74) is -0.596. The summed E-state index contributed by atoms with van der Waals surface area (Å²) in [6.45, 7) is 9.52. The van der Waals surface area contributed by atoms with Crippen molar-refractivity contribution in [1.29, 1.82) is 0 Å². The first-order chi connectivity index (χ1) is 6.51. The van der Waals surface area contributed by atoms with Crippen molar-refractivity contribution in [3.05, 3.63) is 12.2 Å². The minimum absolute atomic E-state index is 0.0121. The van der Waals surface area contributed by atoms with Gasteiger partial charge in [-0.05, 0) is 19.3 Å². The van der Waals surface area contributed by atoms with Crippen LogP contribution in [-0.2, 0) is 4.79 Å². The van der Waals surface area contributed by atoms with E-state index in [1.807, 2.05) is 20.8 Å². The first-order valence-electron chi connectivity index (χ1n) is 5.46. The molecule has 0 aliphatic carbocycles. The molecule has 0 rings (SSSR count).